The van der Waals surface area contributed by atoms with Crippen molar-refractivity contribution in [1.29, 1.82) is 5.26 Å². The largest absolute Gasteiger partial charge is 0.480 e. The molecule has 0 radical (unpaired) electrons. The molecule has 102 valence electrons. The van der Waals surface area contributed by atoms with Gasteiger partial charge in [0.1, 0.15) is 24.0 Å². The lowest BCUT2D eigenvalue weighted by molar-refractivity contribution is -0.137. The molecule has 0 unspecified atom stereocenters. The summed E-state index contributed by atoms with van der Waals surface area (Å²) in [4.78, 5) is 11.6. The zero-order valence-electron chi connectivity index (χ0n) is 10.9. The van der Waals surface area contributed by atoms with Crippen molar-refractivity contribution in [3.63, 3.8) is 0 Å². The number of carbonyl (C=O) groups excluding carboxylic acids is 1. The van der Waals surface area contributed by atoms with Crippen molar-refractivity contribution in [3.05, 3.63) is 33.8 Å². The van der Waals surface area contributed by atoms with Gasteiger partial charge in [0.15, 0.2) is 0 Å². The fourth-order valence-electron chi connectivity index (χ4n) is 1.38. The second-order valence-electron chi connectivity index (χ2n) is 3.57. The van der Waals surface area contributed by atoms with Crippen LogP contribution in [0.5, 0.6) is 5.75 Å². The number of esters is 1. The molecule has 0 spiro atoms. The van der Waals surface area contributed by atoms with Gasteiger partial charge >= 0.3 is 5.97 Å². The minimum Gasteiger partial charge on any atom is -0.480 e. The Morgan fingerprint density at radius 3 is 2.90 bits per heavy atom. The summed E-state index contributed by atoms with van der Waals surface area (Å²) in [6.45, 7) is 1.98. The first-order valence-electron chi connectivity index (χ1n) is 5.77. The van der Waals surface area contributed by atoms with E-state index in [2.05, 4.69) is 21.9 Å². The summed E-state index contributed by atoms with van der Waals surface area (Å²) >= 11 is 3.32. The number of halogens is 1. The van der Waals surface area contributed by atoms with Crippen LogP contribution in [0.15, 0.2) is 28.2 Å². The van der Waals surface area contributed by atoms with Crippen molar-refractivity contribution >= 4 is 28.0 Å². The monoisotopic (exact) mass is 333 g/mol. The molecule has 0 aliphatic carbocycles. The van der Waals surface area contributed by atoms with Gasteiger partial charge in [-0.3, -0.25) is 0 Å². The standard InChI is InChI=1S/C15H12BrNO3/c1-3-7-20-14-6-5-13(16)9-11(14)8-12(10-17)15(18)19-4-2/h1,5-6,8-9H,4,7H2,2H3/b12-8+. The van der Waals surface area contributed by atoms with Crippen LogP contribution in [0.2, 0.25) is 0 Å². The van der Waals surface area contributed by atoms with E-state index < -0.39 is 5.97 Å². The van der Waals surface area contributed by atoms with Gasteiger partial charge in [0.25, 0.3) is 0 Å². The van der Waals surface area contributed by atoms with Gasteiger partial charge in [-0.05, 0) is 31.2 Å². The highest BCUT2D eigenvalue weighted by molar-refractivity contribution is 9.10. The number of ether oxygens (including phenoxy) is 2. The van der Waals surface area contributed by atoms with Crippen LogP contribution < -0.4 is 4.74 Å². The molecule has 0 N–H and O–H groups in total. The van der Waals surface area contributed by atoms with Gasteiger partial charge in [-0.2, -0.15) is 5.26 Å². The van der Waals surface area contributed by atoms with Crippen LogP contribution >= 0.6 is 15.9 Å². The van der Waals surface area contributed by atoms with Crippen LogP contribution in [-0.2, 0) is 9.53 Å². The Kier molecular flexibility index (Phi) is 6.36. The average Bonchev–Trinajstić information content (AvgIpc) is 2.44. The van der Waals surface area contributed by atoms with Crippen LogP contribution in [0.3, 0.4) is 0 Å². The van der Waals surface area contributed by atoms with E-state index >= 15 is 0 Å². The SMILES string of the molecule is C#CCOc1ccc(Br)cc1/C=C(\C#N)C(=O)OCC. The summed E-state index contributed by atoms with van der Waals surface area (Å²) in [7, 11) is 0. The molecular weight excluding hydrogens is 322 g/mol. The number of hydrogen-bond donors (Lipinski definition) is 0. The van der Waals surface area contributed by atoms with E-state index in [1.807, 2.05) is 6.07 Å². The van der Waals surface area contributed by atoms with Crippen molar-refractivity contribution in [2.24, 2.45) is 0 Å². The van der Waals surface area contributed by atoms with Gasteiger partial charge < -0.3 is 9.47 Å². The number of rotatable bonds is 5. The average molecular weight is 334 g/mol. The molecule has 1 aromatic carbocycles. The highest BCUT2D eigenvalue weighted by Gasteiger charge is 2.12. The number of hydrogen-bond acceptors (Lipinski definition) is 4. The maximum Gasteiger partial charge on any atom is 0.348 e. The number of benzene rings is 1. The fourth-order valence-corrected chi connectivity index (χ4v) is 1.76. The Balaban J connectivity index is 3.16. The molecular formula is C15H12BrNO3. The normalized spacial score (nSPS) is 10.3. The fraction of sp³-hybridized carbons (Fsp3) is 0.200. The second-order valence-corrected chi connectivity index (χ2v) is 4.48. The molecule has 0 fully saturated rings. The lowest BCUT2D eigenvalue weighted by Crippen LogP contribution is -2.06. The van der Waals surface area contributed by atoms with Crippen LogP contribution in [0.25, 0.3) is 6.08 Å². The van der Waals surface area contributed by atoms with Gasteiger partial charge in [0.05, 0.1) is 6.61 Å². The lowest BCUT2D eigenvalue weighted by Gasteiger charge is -2.07. The van der Waals surface area contributed by atoms with Crippen molar-refractivity contribution in [2.45, 2.75) is 6.92 Å². The molecule has 1 aromatic rings. The summed E-state index contributed by atoms with van der Waals surface area (Å²) in [5, 5.41) is 9.02. The molecule has 0 heterocycles. The van der Waals surface area contributed by atoms with E-state index in [0.29, 0.717) is 11.3 Å². The summed E-state index contributed by atoms with van der Waals surface area (Å²) in [6, 6.07) is 7.02. The molecule has 4 nitrogen and oxygen atoms in total. The van der Waals surface area contributed by atoms with Crippen molar-refractivity contribution < 1.29 is 14.3 Å². The van der Waals surface area contributed by atoms with Crippen LogP contribution in [-0.4, -0.2) is 19.2 Å². The van der Waals surface area contributed by atoms with E-state index in [1.54, 1.807) is 25.1 Å². The van der Waals surface area contributed by atoms with Gasteiger partial charge in [0.2, 0.25) is 0 Å². The third-order valence-corrected chi connectivity index (χ3v) is 2.69. The summed E-state index contributed by atoms with van der Waals surface area (Å²) < 4.78 is 11.0. The summed E-state index contributed by atoms with van der Waals surface area (Å²) in [5.74, 6) is 2.18. The van der Waals surface area contributed by atoms with Crippen molar-refractivity contribution in [2.75, 3.05) is 13.2 Å². The van der Waals surface area contributed by atoms with E-state index in [1.165, 1.54) is 6.08 Å². The van der Waals surface area contributed by atoms with Crippen LogP contribution in [0.4, 0.5) is 0 Å². The predicted molar refractivity (Wildman–Crippen MR) is 78.7 cm³/mol. The quantitative estimate of drug-likeness (QED) is 0.360. The molecule has 0 saturated heterocycles. The molecule has 0 bridgehead atoms. The number of terminal acetylenes is 1. The maximum absolute atomic E-state index is 11.6. The third-order valence-electron chi connectivity index (χ3n) is 2.20. The molecule has 0 aliphatic heterocycles. The second kappa shape index (κ2) is 8.04. The van der Waals surface area contributed by atoms with E-state index in [0.717, 1.165) is 4.47 Å². The minimum absolute atomic E-state index is 0.101. The third kappa shape index (κ3) is 4.46. The maximum atomic E-state index is 11.6. The topological polar surface area (TPSA) is 59.3 Å². The highest BCUT2D eigenvalue weighted by Crippen LogP contribution is 2.25. The Hall–Kier alpha value is -2.24. The number of nitriles is 1. The van der Waals surface area contributed by atoms with Crippen molar-refractivity contribution in [3.8, 4) is 24.2 Å². The Bertz CT molecular complexity index is 609. The molecule has 0 amide bonds. The molecule has 0 atom stereocenters. The van der Waals surface area contributed by atoms with Gasteiger partial charge in [-0.25, -0.2) is 4.79 Å². The van der Waals surface area contributed by atoms with Gasteiger partial charge in [-0.15, -0.1) is 6.42 Å². The van der Waals surface area contributed by atoms with Crippen LogP contribution in [0.1, 0.15) is 12.5 Å². The molecule has 0 saturated carbocycles. The Morgan fingerprint density at radius 1 is 1.55 bits per heavy atom. The molecule has 0 aromatic heterocycles. The predicted octanol–water partition coefficient (Wildman–Crippen LogP) is 2.93. The number of carbonyl (C=O) groups is 1. The van der Waals surface area contributed by atoms with E-state index in [-0.39, 0.29) is 18.8 Å². The Labute approximate surface area is 126 Å². The molecule has 20 heavy (non-hydrogen) atoms. The first kappa shape index (κ1) is 15.8. The zero-order chi connectivity index (χ0) is 15.0. The van der Waals surface area contributed by atoms with Gasteiger partial charge in [0, 0.05) is 10.0 Å². The molecule has 5 heteroatoms. The first-order chi connectivity index (χ1) is 9.62. The lowest BCUT2D eigenvalue weighted by atomic mass is 10.1. The van der Waals surface area contributed by atoms with Crippen molar-refractivity contribution in [1.82, 2.24) is 0 Å². The first-order valence-corrected chi connectivity index (χ1v) is 6.56. The number of nitrogens with zero attached hydrogens (tertiary/aromatic N) is 1. The Morgan fingerprint density at radius 2 is 2.30 bits per heavy atom. The smallest absolute Gasteiger partial charge is 0.348 e. The molecule has 1 rings (SSSR count). The van der Waals surface area contributed by atoms with Crippen LogP contribution in [0, 0.1) is 23.7 Å². The van der Waals surface area contributed by atoms with E-state index in [4.69, 9.17) is 21.2 Å². The van der Waals surface area contributed by atoms with E-state index in [9.17, 15) is 4.79 Å². The highest BCUT2D eigenvalue weighted by atomic mass is 79.9. The summed E-state index contributed by atoms with van der Waals surface area (Å²) in [5.41, 5.74) is 0.467. The molecule has 0 aliphatic rings. The summed E-state index contributed by atoms with van der Waals surface area (Å²) in [6.07, 6.45) is 6.56. The zero-order valence-corrected chi connectivity index (χ0v) is 12.4. The minimum atomic E-state index is -0.669. The van der Waals surface area contributed by atoms with Gasteiger partial charge in [-0.1, -0.05) is 21.9 Å².